The number of H-pyrrole nitrogens is 2. The van der Waals surface area contributed by atoms with Crippen molar-refractivity contribution in [3.63, 3.8) is 0 Å². The first-order valence-corrected chi connectivity index (χ1v) is 19.8. The molecule has 3 aromatic carbocycles. The van der Waals surface area contributed by atoms with Crippen molar-refractivity contribution < 1.29 is 23.9 Å². The number of likely N-dealkylation sites (tertiary alicyclic amines) is 2. The average molecular weight is 756 g/mol. The van der Waals surface area contributed by atoms with E-state index in [0.29, 0.717) is 12.5 Å². The number of nitrogens with zero attached hydrogens (tertiary/aromatic N) is 4. The maximum atomic E-state index is 13.4. The monoisotopic (exact) mass is 755 g/mol. The third-order valence-corrected chi connectivity index (χ3v) is 12.3. The largest absolute Gasteiger partial charge is 0.453 e. The number of ether oxygens (including phenoxy) is 2. The van der Waals surface area contributed by atoms with Crippen molar-refractivity contribution in [1.82, 2.24) is 35.1 Å². The van der Waals surface area contributed by atoms with Crippen LogP contribution in [0.4, 0.5) is 9.59 Å². The summed E-state index contributed by atoms with van der Waals surface area (Å²) in [6, 6.07) is 20.6. The summed E-state index contributed by atoms with van der Waals surface area (Å²) in [6.07, 6.45) is 9.00. The summed E-state index contributed by atoms with van der Waals surface area (Å²) >= 11 is 0. The molecule has 2 aromatic heterocycles. The van der Waals surface area contributed by atoms with Crippen LogP contribution in [0.5, 0.6) is 0 Å². The van der Waals surface area contributed by atoms with Crippen molar-refractivity contribution in [3.05, 3.63) is 84.7 Å². The maximum absolute atomic E-state index is 13.4. The molecular formula is C44H49N7O5. The lowest BCUT2D eigenvalue weighted by Crippen LogP contribution is -2.47. The molecule has 290 valence electrons. The number of hydrogen-bond acceptors (Lipinski definition) is 7. The Morgan fingerprint density at radius 1 is 0.857 bits per heavy atom. The van der Waals surface area contributed by atoms with Gasteiger partial charge in [0.05, 0.1) is 43.0 Å². The zero-order valence-corrected chi connectivity index (χ0v) is 32.6. The molecule has 2 saturated heterocycles. The highest BCUT2D eigenvalue weighted by atomic mass is 16.6. The fourth-order valence-corrected chi connectivity index (χ4v) is 9.26. The molecule has 12 nitrogen and oxygen atoms in total. The fourth-order valence-electron chi connectivity index (χ4n) is 9.26. The topological polar surface area (TPSA) is 146 Å². The van der Waals surface area contributed by atoms with Gasteiger partial charge in [0.2, 0.25) is 5.91 Å². The number of piperidine rings is 1. The van der Waals surface area contributed by atoms with Crippen molar-refractivity contribution >= 4 is 28.9 Å². The van der Waals surface area contributed by atoms with Crippen LogP contribution in [0, 0.1) is 11.3 Å². The maximum Gasteiger partial charge on any atom is 0.411 e. The number of hydrogen-bond donors (Lipinski definition) is 3. The average Bonchev–Trinajstić information content (AvgIpc) is 3.81. The Balaban J connectivity index is 0.892. The summed E-state index contributed by atoms with van der Waals surface area (Å²) in [4.78, 5) is 58.9. The normalized spacial score (nSPS) is 22.8. The number of aromatic amines is 2. The molecular weight excluding hydrogens is 707 g/mol. The minimum absolute atomic E-state index is 0.0997. The van der Waals surface area contributed by atoms with Gasteiger partial charge >= 0.3 is 12.2 Å². The minimum atomic E-state index is -0.695. The van der Waals surface area contributed by atoms with Gasteiger partial charge in [-0.1, -0.05) is 48.5 Å². The van der Waals surface area contributed by atoms with Crippen LogP contribution in [0.2, 0.25) is 0 Å². The van der Waals surface area contributed by atoms with Crippen molar-refractivity contribution in [3.8, 4) is 33.6 Å². The molecule has 0 unspecified atom stereocenters. The molecule has 4 aliphatic rings. The van der Waals surface area contributed by atoms with Gasteiger partial charge in [-0.3, -0.25) is 9.69 Å². The van der Waals surface area contributed by atoms with Crippen LogP contribution in [-0.2, 0) is 14.3 Å². The Morgan fingerprint density at radius 3 is 2.18 bits per heavy atom. The van der Waals surface area contributed by atoms with E-state index in [2.05, 4.69) is 75.9 Å². The number of imidazole rings is 2. The molecule has 5 atom stereocenters. The Kier molecular flexibility index (Phi) is 8.70. The third kappa shape index (κ3) is 6.68. The number of alkyl carbamates (subject to hydrolysis) is 1. The summed E-state index contributed by atoms with van der Waals surface area (Å²) < 4.78 is 10.5. The quantitative estimate of drug-likeness (QED) is 0.151. The predicted molar refractivity (Wildman–Crippen MR) is 212 cm³/mol. The van der Waals surface area contributed by atoms with Gasteiger partial charge in [0, 0.05) is 18.2 Å². The van der Waals surface area contributed by atoms with E-state index < -0.39 is 17.7 Å². The van der Waals surface area contributed by atoms with Gasteiger partial charge in [-0.2, -0.15) is 0 Å². The van der Waals surface area contributed by atoms with Crippen molar-refractivity contribution in [1.29, 1.82) is 0 Å². The molecule has 3 N–H and O–H groups in total. The number of benzene rings is 3. The first-order chi connectivity index (χ1) is 26.9. The molecule has 9 rings (SSSR count). The van der Waals surface area contributed by atoms with Gasteiger partial charge in [-0.25, -0.2) is 19.6 Å². The summed E-state index contributed by atoms with van der Waals surface area (Å²) in [5.74, 6) is 1.84. The highest BCUT2D eigenvalue weighted by Gasteiger charge is 2.55. The van der Waals surface area contributed by atoms with E-state index in [1.165, 1.54) is 7.11 Å². The number of carbonyl (C=O) groups excluding carboxylic acids is 3. The lowest BCUT2D eigenvalue weighted by Gasteiger charge is -2.35. The highest BCUT2D eigenvalue weighted by Crippen LogP contribution is 2.58. The number of nitrogens with one attached hydrogen (secondary N) is 3. The summed E-state index contributed by atoms with van der Waals surface area (Å²) in [7, 11) is 1.29. The fraction of sp³-hybridized carbons (Fsp3) is 0.432. The number of amides is 3. The van der Waals surface area contributed by atoms with Crippen LogP contribution in [0.1, 0.15) is 90.0 Å². The van der Waals surface area contributed by atoms with Crippen molar-refractivity contribution in [2.24, 2.45) is 11.3 Å². The summed E-state index contributed by atoms with van der Waals surface area (Å²) in [5, 5.41) is 4.88. The molecule has 2 bridgehead atoms. The van der Waals surface area contributed by atoms with Crippen LogP contribution >= 0.6 is 0 Å². The van der Waals surface area contributed by atoms with Gasteiger partial charge in [-0.15, -0.1) is 0 Å². The SMILES string of the molecule is COC(=O)N[C@@H](C)C(=O)N1CC2(CC2)C[C@H]1c1ncc(-c2ccc(-c3ccc4cc(-c5cnc([C@@H]6[C@H]7CC[C@H](C7)N6C(=O)OC(C)(C)C)[nH]5)ccc4c3)cc2)[nH]1. The number of fused-ring (bicyclic) bond motifs is 3. The van der Waals surface area contributed by atoms with Crippen molar-refractivity contribution in [2.45, 2.75) is 96.0 Å². The molecule has 2 aliphatic carbocycles. The van der Waals surface area contributed by atoms with Gasteiger partial charge < -0.3 is 29.7 Å². The van der Waals surface area contributed by atoms with Gasteiger partial charge in [-0.05, 0) is 117 Å². The zero-order valence-electron chi connectivity index (χ0n) is 32.6. The van der Waals surface area contributed by atoms with Gasteiger partial charge in [0.15, 0.2) is 0 Å². The second-order valence-electron chi connectivity index (χ2n) is 17.3. The van der Waals surface area contributed by atoms with E-state index in [-0.39, 0.29) is 35.5 Å². The predicted octanol–water partition coefficient (Wildman–Crippen LogP) is 8.55. The molecule has 1 spiro atoms. The first kappa shape index (κ1) is 36.0. The molecule has 4 heterocycles. The van der Waals surface area contributed by atoms with Gasteiger partial charge in [0.25, 0.3) is 0 Å². The zero-order chi connectivity index (χ0) is 38.9. The second kappa shape index (κ2) is 13.5. The summed E-state index contributed by atoms with van der Waals surface area (Å²) in [5.41, 5.74) is 5.70. The molecule has 5 aromatic rings. The highest BCUT2D eigenvalue weighted by molar-refractivity contribution is 5.91. The lowest BCUT2D eigenvalue weighted by molar-refractivity contribution is -0.134. The van der Waals surface area contributed by atoms with E-state index >= 15 is 0 Å². The van der Waals surface area contributed by atoms with Crippen molar-refractivity contribution in [2.75, 3.05) is 13.7 Å². The molecule has 0 radical (unpaired) electrons. The van der Waals surface area contributed by atoms with Crippen LogP contribution in [0.25, 0.3) is 44.4 Å². The lowest BCUT2D eigenvalue weighted by atomic mass is 9.98. The van der Waals surface area contributed by atoms with Crippen LogP contribution in [0.3, 0.4) is 0 Å². The Hall–Kier alpha value is -5.65. The van der Waals surface area contributed by atoms with E-state index in [1.807, 2.05) is 43.0 Å². The van der Waals surface area contributed by atoms with E-state index in [0.717, 1.165) is 94.6 Å². The number of rotatable bonds is 7. The number of aromatic nitrogens is 4. The Bertz CT molecular complexity index is 2320. The minimum Gasteiger partial charge on any atom is -0.453 e. The third-order valence-electron chi connectivity index (χ3n) is 12.3. The van der Waals surface area contributed by atoms with Crippen LogP contribution in [0.15, 0.2) is 73.1 Å². The molecule has 4 fully saturated rings. The molecule has 2 saturated carbocycles. The molecule has 12 heteroatoms. The van der Waals surface area contributed by atoms with Crippen LogP contribution in [-0.4, -0.2) is 79.2 Å². The molecule has 56 heavy (non-hydrogen) atoms. The number of carbonyl (C=O) groups is 3. The number of methoxy groups -OCH3 is 1. The smallest absolute Gasteiger partial charge is 0.411 e. The standard InChI is InChI=1S/C44H49N7O5/c1-25(47-41(53)55-5)40(52)50-24-44(16-17-44)21-36(50)38-45-22-34(48-38)27-8-6-26(7-9-27)28-10-11-30-19-31(13-12-29(30)18-28)35-23-46-39(49-35)37-32-14-15-33(20-32)51(37)42(54)56-43(2,3)4/h6-13,18-19,22-23,25,32-33,36-37H,14-17,20-21,24H2,1-5H3,(H,45,48)(H,46,49)(H,47,53)/t25-,32-,33+,36-,37-/m0/s1. The van der Waals surface area contributed by atoms with Gasteiger partial charge in [0.1, 0.15) is 23.3 Å². The Morgan fingerprint density at radius 2 is 1.48 bits per heavy atom. The van der Waals surface area contributed by atoms with E-state index in [1.54, 1.807) is 6.92 Å². The van der Waals surface area contributed by atoms with Crippen LogP contribution < -0.4 is 5.32 Å². The Labute approximate surface area is 326 Å². The molecule has 2 aliphatic heterocycles. The second-order valence-corrected chi connectivity index (χ2v) is 17.3. The molecule has 3 amide bonds. The summed E-state index contributed by atoms with van der Waals surface area (Å²) in [6.45, 7) is 8.09. The van der Waals surface area contributed by atoms with E-state index in [9.17, 15) is 14.4 Å². The van der Waals surface area contributed by atoms with E-state index in [4.69, 9.17) is 19.4 Å². The first-order valence-electron chi connectivity index (χ1n) is 19.8.